The van der Waals surface area contributed by atoms with Crippen LogP contribution in [0.3, 0.4) is 0 Å². The van der Waals surface area contributed by atoms with Gasteiger partial charge in [0.1, 0.15) is 5.75 Å². The Morgan fingerprint density at radius 3 is 2.50 bits per heavy atom. The van der Waals surface area contributed by atoms with Gasteiger partial charge in [0.15, 0.2) is 5.75 Å². The fourth-order valence-electron chi connectivity index (χ4n) is 1.28. The maximum Gasteiger partial charge on any atom is 0.294 e. The molecule has 0 bridgehead atoms. The van der Waals surface area contributed by atoms with E-state index in [0.29, 0.717) is 0 Å². The first-order valence-corrected chi connectivity index (χ1v) is 3.87. The fourth-order valence-corrected chi connectivity index (χ4v) is 1.28. The van der Waals surface area contributed by atoms with Crippen molar-refractivity contribution in [1.82, 2.24) is 4.98 Å². The van der Waals surface area contributed by atoms with Crippen LogP contribution >= 0.6 is 0 Å². The zero-order chi connectivity index (χ0) is 10.3. The molecule has 0 aliphatic heterocycles. The van der Waals surface area contributed by atoms with Crippen molar-refractivity contribution in [2.75, 3.05) is 0 Å². The molecule has 14 heavy (non-hydrogen) atoms. The van der Waals surface area contributed by atoms with Crippen molar-refractivity contribution < 1.29 is 15.3 Å². The average Bonchev–Trinajstić information content (AvgIpc) is 2.17. The number of hydrogen-bond donors (Lipinski definition) is 4. The van der Waals surface area contributed by atoms with E-state index in [0.717, 1.165) is 0 Å². The summed E-state index contributed by atoms with van der Waals surface area (Å²) in [7, 11) is 0. The van der Waals surface area contributed by atoms with Crippen LogP contribution in [-0.2, 0) is 0 Å². The molecule has 0 unspecified atom stereocenters. The lowest BCUT2D eigenvalue weighted by Gasteiger charge is -2.03. The van der Waals surface area contributed by atoms with Gasteiger partial charge in [0.05, 0.1) is 5.52 Å². The Balaban J connectivity index is 3.06. The molecule has 0 fully saturated rings. The van der Waals surface area contributed by atoms with Gasteiger partial charge in [-0.15, -0.1) is 0 Å². The molecule has 0 spiro atoms. The highest BCUT2D eigenvalue weighted by molar-refractivity contribution is 5.90. The molecule has 0 radical (unpaired) electrons. The second-order valence-corrected chi connectivity index (χ2v) is 2.85. The van der Waals surface area contributed by atoms with Gasteiger partial charge in [-0.2, -0.15) is 0 Å². The van der Waals surface area contributed by atoms with Crippen molar-refractivity contribution in [3.8, 4) is 17.2 Å². The van der Waals surface area contributed by atoms with Crippen LogP contribution in [0.15, 0.2) is 23.0 Å². The third-order valence-corrected chi connectivity index (χ3v) is 1.98. The second kappa shape index (κ2) is 2.66. The molecular weight excluding hydrogens is 186 g/mol. The number of para-hydroxylation sites is 1. The van der Waals surface area contributed by atoms with Crippen LogP contribution in [0, 0.1) is 0 Å². The van der Waals surface area contributed by atoms with E-state index < -0.39 is 17.1 Å². The van der Waals surface area contributed by atoms with Gasteiger partial charge in [-0.25, -0.2) is 0 Å². The van der Waals surface area contributed by atoms with Crippen molar-refractivity contribution in [3.63, 3.8) is 0 Å². The Labute approximate surface area is 77.9 Å². The number of aromatic amines is 1. The highest BCUT2D eigenvalue weighted by Crippen LogP contribution is 2.32. The number of hydrogen-bond acceptors (Lipinski definition) is 4. The molecule has 1 heterocycles. The van der Waals surface area contributed by atoms with Crippen LogP contribution < -0.4 is 5.56 Å². The molecule has 0 aliphatic carbocycles. The van der Waals surface area contributed by atoms with Crippen molar-refractivity contribution in [3.05, 3.63) is 28.6 Å². The zero-order valence-corrected chi connectivity index (χ0v) is 6.98. The first kappa shape index (κ1) is 8.43. The highest BCUT2D eigenvalue weighted by atomic mass is 16.3. The minimum Gasteiger partial charge on any atom is -0.506 e. The number of rotatable bonds is 0. The summed E-state index contributed by atoms with van der Waals surface area (Å²) >= 11 is 0. The zero-order valence-electron chi connectivity index (χ0n) is 6.98. The van der Waals surface area contributed by atoms with Gasteiger partial charge >= 0.3 is 0 Å². The predicted octanol–water partition coefficient (Wildman–Crippen LogP) is 0.645. The Kier molecular flexibility index (Phi) is 1.60. The lowest BCUT2D eigenvalue weighted by Crippen LogP contribution is -2.04. The van der Waals surface area contributed by atoms with E-state index in [2.05, 4.69) is 4.98 Å². The van der Waals surface area contributed by atoms with Crippen molar-refractivity contribution in [2.24, 2.45) is 0 Å². The van der Waals surface area contributed by atoms with Gasteiger partial charge in [-0.1, -0.05) is 6.07 Å². The Morgan fingerprint density at radius 2 is 1.79 bits per heavy atom. The molecule has 0 saturated carbocycles. The number of phenols is 1. The summed E-state index contributed by atoms with van der Waals surface area (Å²) in [5, 5.41) is 28.0. The van der Waals surface area contributed by atoms with Gasteiger partial charge in [-0.3, -0.25) is 4.79 Å². The Hall–Kier alpha value is -2.17. The first-order chi connectivity index (χ1) is 6.61. The van der Waals surface area contributed by atoms with Crippen LogP contribution in [-0.4, -0.2) is 20.3 Å². The van der Waals surface area contributed by atoms with Gasteiger partial charge < -0.3 is 20.3 Å². The number of benzene rings is 1. The SMILES string of the molecule is O=c1[nH]c2c(O)cccc2c(O)c1O. The van der Waals surface area contributed by atoms with Crippen LogP contribution in [0.2, 0.25) is 0 Å². The van der Waals surface area contributed by atoms with Gasteiger partial charge in [0.25, 0.3) is 5.56 Å². The molecule has 72 valence electrons. The topological polar surface area (TPSA) is 93.6 Å². The molecule has 1 aromatic heterocycles. The summed E-state index contributed by atoms with van der Waals surface area (Å²) in [6.45, 7) is 0. The summed E-state index contributed by atoms with van der Waals surface area (Å²) in [5.41, 5.74) is -0.732. The van der Waals surface area contributed by atoms with Gasteiger partial charge in [0, 0.05) is 5.39 Å². The molecule has 2 rings (SSSR count). The minimum atomic E-state index is -0.837. The summed E-state index contributed by atoms with van der Waals surface area (Å²) in [5.74, 6) is -1.43. The van der Waals surface area contributed by atoms with E-state index >= 15 is 0 Å². The lowest BCUT2D eigenvalue weighted by molar-refractivity contribution is 0.402. The van der Waals surface area contributed by atoms with E-state index in [9.17, 15) is 15.0 Å². The molecular formula is C9H7NO4. The highest BCUT2D eigenvalue weighted by Gasteiger charge is 2.11. The molecule has 4 N–H and O–H groups in total. The van der Waals surface area contributed by atoms with Crippen LogP contribution in [0.1, 0.15) is 0 Å². The molecule has 0 aliphatic rings. The summed E-state index contributed by atoms with van der Waals surface area (Å²) in [4.78, 5) is 13.3. The number of H-pyrrole nitrogens is 1. The van der Waals surface area contributed by atoms with Crippen LogP contribution in [0.5, 0.6) is 17.2 Å². The summed E-state index contributed by atoms with van der Waals surface area (Å²) < 4.78 is 0. The van der Waals surface area contributed by atoms with Crippen molar-refractivity contribution in [2.45, 2.75) is 0 Å². The Morgan fingerprint density at radius 1 is 1.07 bits per heavy atom. The number of aromatic hydroxyl groups is 3. The minimum absolute atomic E-state index is 0.104. The molecule has 0 amide bonds. The lowest BCUT2D eigenvalue weighted by atomic mass is 10.2. The average molecular weight is 193 g/mol. The third kappa shape index (κ3) is 0.990. The largest absolute Gasteiger partial charge is 0.506 e. The number of aromatic nitrogens is 1. The fraction of sp³-hybridized carbons (Fsp3) is 0. The van der Waals surface area contributed by atoms with E-state index in [-0.39, 0.29) is 16.7 Å². The van der Waals surface area contributed by atoms with Crippen LogP contribution in [0.25, 0.3) is 10.9 Å². The maximum atomic E-state index is 11.0. The van der Waals surface area contributed by atoms with E-state index in [1.165, 1.54) is 18.2 Å². The second-order valence-electron chi connectivity index (χ2n) is 2.85. The van der Waals surface area contributed by atoms with E-state index in [1.807, 2.05) is 0 Å². The molecule has 5 nitrogen and oxygen atoms in total. The Bertz CT molecular complexity index is 558. The molecule has 1 aromatic carbocycles. The maximum absolute atomic E-state index is 11.0. The van der Waals surface area contributed by atoms with Crippen molar-refractivity contribution >= 4 is 10.9 Å². The van der Waals surface area contributed by atoms with E-state index in [4.69, 9.17) is 5.11 Å². The quantitative estimate of drug-likeness (QED) is 0.494. The number of fused-ring (bicyclic) bond motifs is 1. The standard InChI is InChI=1S/C9H7NO4/c11-5-3-1-2-4-6(5)10-9(14)8(13)7(4)12/h1-3,11,13H,(H2,10,12,14). The molecule has 2 aromatic rings. The van der Waals surface area contributed by atoms with Gasteiger partial charge in [-0.05, 0) is 12.1 Å². The summed E-state index contributed by atoms with van der Waals surface area (Å²) in [6.07, 6.45) is 0. The van der Waals surface area contributed by atoms with Crippen LogP contribution in [0.4, 0.5) is 0 Å². The monoisotopic (exact) mass is 193 g/mol. The molecule has 0 saturated heterocycles. The molecule has 5 heteroatoms. The predicted molar refractivity (Wildman–Crippen MR) is 49.6 cm³/mol. The first-order valence-electron chi connectivity index (χ1n) is 3.87. The third-order valence-electron chi connectivity index (χ3n) is 1.98. The summed E-state index contributed by atoms with van der Waals surface area (Å²) in [6, 6.07) is 4.34. The van der Waals surface area contributed by atoms with E-state index in [1.54, 1.807) is 0 Å². The van der Waals surface area contributed by atoms with Crippen molar-refractivity contribution in [1.29, 1.82) is 0 Å². The normalized spacial score (nSPS) is 10.6. The number of pyridine rings is 1. The van der Waals surface area contributed by atoms with Gasteiger partial charge in [0.2, 0.25) is 5.75 Å². The number of nitrogens with one attached hydrogen (secondary N) is 1. The smallest absolute Gasteiger partial charge is 0.294 e. The number of phenolic OH excluding ortho intramolecular Hbond substituents is 1. The molecule has 0 atom stereocenters.